The molecule has 0 aliphatic rings. The van der Waals surface area contributed by atoms with Gasteiger partial charge in [0.05, 0.1) is 17.7 Å². The van der Waals surface area contributed by atoms with E-state index in [1.807, 2.05) is 44.2 Å². The van der Waals surface area contributed by atoms with E-state index in [0.29, 0.717) is 23.6 Å². The van der Waals surface area contributed by atoms with Crippen LogP contribution in [0.15, 0.2) is 102 Å². The van der Waals surface area contributed by atoms with Gasteiger partial charge in [-0.1, -0.05) is 90.3 Å². The summed E-state index contributed by atoms with van der Waals surface area (Å²) in [6.07, 6.45) is 0.910. The second-order valence-electron chi connectivity index (χ2n) is 10.8. The first-order valence-corrected chi connectivity index (χ1v) is 17.0. The molecule has 4 aromatic rings. The van der Waals surface area contributed by atoms with E-state index in [1.165, 1.54) is 30.2 Å². The number of aryl methyl sites for hydroxylation is 1. The van der Waals surface area contributed by atoms with Crippen molar-refractivity contribution in [2.24, 2.45) is 0 Å². The normalized spacial score (nSPS) is 11.8. The lowest BCUT2D eigenvalue weighted by atomic mass is 10.0. The average molecular weight is 683 g/mol. The number of hydrogen-bond donors (Lipinski definition) is 1. The summed E-state index contributed by atoms with van der Waals surface area (Å²) in [5, 5.41) is 3.71. The molecule has 0 aliphatic carbocycles. The minimum absolute atomic E-state index is 0.0151. The van der Waals surface area contributed by atoms with E-state index in [2.05, 4.69) is 5.32 Å². The number of anilines is 1. The van der Waals surface area contributed by atoms with E-state index in [0.717, 1.165) is 15.4 Å². The third-order valence-corrected chi connectivity index (χ3v) is 9.64. The van der Waals surface area contributed by atoms with Gasteiger partial charge in [0.1, 0.15) is 18.3 Å². The van der Waals surface area contributed by atoms with E-state index in [1.54, 1.807) is 48.5 Å². The Labute approximate surface area is 280 Å². The maximum absolute atomic E-state index is 14.6. The van der Waals surface area contributed by atoms with Crippen molar-refractivity contribution in [1.29, 1.82) is 0 Å². The van der Waals surface area contributed by atoms with Crippen LogP contribution in [-0.4, -0.2) is 51.4 Å². The highest BCUT2D eigenvalue weighted by Crippen LogP contribution is 2.35. The number of carbonyl (C=O) groups is 2. The maximum Gasteiger partial charge on any atom is 0.264 e. The van der Waals surface area contributed by atoms with Crippen molar-refractivity contribution in [2.75, 3.05) is 24.5 Å². The summed E-state index contributed by atoms with van der Waals surface area (Å²) in [6, 6.07) is 26.3. The Morgan fingerprint density at radius 1 is 0.870 bits per heavy atom. The van der Waals surface area contributed by atoms with Gasteiger partial charge >= 0.3 is 0 Å². The van der Waals surface area contributed by atoms with E-state index in [-0.39, 0.29) is 40.2 Å². The van der Waals surface area contributed by atoms with Crippen LogP contribution >= 0.6 is 23.2 Å². The quantitative estimate of drug-likeness (QED) is 0.160. The van der Waals surface area contributed by atoms with Gasteiger partial charge in [-0.05, 0) is 66.9 Å². The van der Waals surface area contributed by atoms with E-state index >= 15 is 0 Å². The Morgan fingerprint density at radius 3 is 2.15 bits per heavy atom. The Kier molecular flexibility index (Phi) is 12.1. The molecule has 4 aromatic carbocycles. The van der Waals surface area contributed by atoms with Gasteiger partial charge in [-0.2, -0.15) is 0 Å². The second-order valence-corrected chi connectivity index (χ2v) is 13.5. The van der Waals surface area contributed by atoms with Gasteiger partial charge in [-0.25, -0.2) is 8.42 Å². The first-order chi connectivity index (χ1) is 22.0. The van der Waals surface area contributed by atoms with Gasteiger partial charge in [-0.15, -0.1) is 0 Å². The van der Waals surface area contributed by atoms with Crippen LogP contribution in [0.4, 0.5) is 5.69 Å². The molecule has 4 rings (SSSR count). The molecule has 0 spiro atoms. The molecule has 0 saturated carbocycles. The monoisotopic (exact) mass is 681 g/mol. The van der Waals surface area contributed by atoms with Crippen molar-refractivity contribution >= 4 is 50.7 Å². The van der Waals surface area contributed by atoms with Gasteiger partial charge in [-0.3, -0.25) is 13.9 Å². The Bertz CT molecular complexity index is 1730. The molecule has 0 bridgehead atoms. The number of benzene rings is 4. The average Bonchev–Trinajstić information content (AvgIpc) is 3.05. The number of hydrogen-bond acceptors (Lipinski definition) is 5. The summed E-state index contributed by atoms with van der Waals surface area (Å²) in [5.41, 5.74) is 2.52. The van der Waals surface area contributed by atoms with Crippen LogP contribution in [0.3, 0.4) is 0 Å². The number of nitrogens with one attached hydrogen (secondary N) is 1. The minimum atomic E-state index is -4.32. The number of methoxy groups -OCH3 is 1. The fourth-order valence-electron chi connectivity index (χ4n) is 4.92. The second kappa shape index (κ2) is 16.0. The summed E-state index contributed by atoms with van der Waals surface area (Å²) in [6.45, 7) is 3.60. The standard InChI is InChI=1S/C35H37Cl2N3O5S/c1-4-20-38-35(42)32(21-26-8-6-5-7-9-26)39(23-27-12-14-28(36)15-13-27)34(41)24-40(31-22-29(37)16-19-33(31)45-3)46(43,44)30-17-10-25(2)11-18-30/h5-19,22,32H,4,20-21,23-24H2,1-3H3,(H,38,42). The first-order valence-electron chi connectivity index (χ1n) is 14.8. The van der Waals surface area contributed by atoms with E-state index in [9.17, 15) is 18.0 Å². The van der Waals surface area contributed by atoms with Gasteiger partial charge < -0.3 is 15.0 Å². The molecule has 1 atom stereocenters. The van der Waals surface area contributed by atoms with E-state index < -0.39 is 28.5 Å². The molecule has 0 aromatic heterocycles. The lowest BCUT2D eigenvalue weighted by molar-refractivity contribution is -0.140. The highest BCUT2D eigenvalue weighted by molar-refractivity contribution is 7.92. The minimum Gasteiger partial charge on any atom is -0.495 e. The maximum atomic E-state index is 14.6. The number of amides is 2. The van der Waals surface area contributed by atoms with Gasteiger partial charge in [0, 0.05) is 29.6 Å². The molecule has 1 N–H and O–H groups in total. The van der Waals surface area contributed by atoms with Gasteiger partial charge in [0.2, 0.25) is 11.8 Å². The van der Waals surface area contributed by atoms with Crippen molar-refractivity contribution in [3.63, 3.8) is 0 Å². The van der Waals surface area contributed by atoms with Crippen LogP contribution in [0.5, 0.6) is 5.75 Å². The van der Waals surface area contributed by atoms with Crippen molar-refractivity contribution in [3.05, 3.63) is 124 Å². The molecule has 242 valence electrons. The fraction of sp³-hybridized carbons (Fsp3) is 0.257. The molecule has 0 saturated heterocycles. The zero-order chi connectivity index (χ0) is 33.3. The van der Waals surface area contributed by atoms with Crippen LogP contribution in [0.1, 0.15) is 30.0 Å². The van der Waals surface area contributed by atoms with Crippen LogP contribution in [0, 0.1) is 6.92 Å². The Morgan fingerprint density at radius 2 is 1.52 bits per heavy atom. The number of nitrogens with zero attached hydrogens (tertiary/aromatic N) is 2. The van der Waals surface area contributed by atoms with Crippen molar-refractivity contribution < 1.29 is 22.7 Å². The van der Waals surface area contributed by atoms with Crippen LogP contribution in [0.25, 0.3) is 0 Å². The summed E-state index contributed by atoms with van der Waals surface area (Å²) < 4.78 is 35.1. The highest BCUT2D eigenvalue weighted by Gasteiger charge is 2.35. The lowest BCUT2D eigenvalue weighted by Gasteiger charge is -2.34. The number of sulfonamides is 1. The summed E-state index contributed by atoms with van der Waals surface area (Å²) in [4.78, 5) is 29.7. The van der Waals surface area contributed by atoms with Crippen molar-refractivity contribution in [3.8, 4) is 5.75 Å². The van der Waals surface area contributed by atoms with Crippen LogP contribution in [0.2, 0.25) is 10.0 Å². The molecule has 0 heterocycles. The molecule has 1 unspecified atom stereocenters. The molecule has 0 radical (unpaired) electrons. The third-order valence-electron chi connectivity index (χ3n) is 7.38. The molecule has 8 nitrogen and oxygen atoms in total. The molecule has 0 fully saturated rings. The molecular formula is C35H37Cl2N3O5S. The number of carbonyl (C=O) groups excluding carboxylic acids is 2. The molecule has 11 heteroatoms. The van der Waals surface area contributed by atoms with E-state index in [4.69, 9.17) is 27.9 Å². The summed E-state index contributed by atoms with van der Waals surface area (Å²) in [5.74, 6) is -0.736. The molecule has 0 aliphatic heterocycles. The number of rotatable bonds is 14. The fourth-order valence-corrected chi connectivity index (χ4v) is 6.62. The molecular weight excluding hydrogens is 645 g/mol. The highest BCUT2D eigenvalue weighted by atomic mass is 35.5. The number of halogens is 2. The SMILES string of the molecule is CCCNC(=O)C(Cc1ccccc1)N(Cc1ccc(Cl)cc1)C(=O)CN(c1cc(Cl)ccc1OC)S(=O)(=O)c1ccc(C)cc1. The van der Waals surface area contributed by atoms with Crippen LogP contribution < -0.4 is 14.4 Å². The van der Waals surface area contributed by atoms with Gasteiger partial charge in [0.15, 0.2) is 0 Å². The first kappa shape index (κ1) is 34.8. The van der Waals surface area contributed by atoms with Crippen molar-refractivity contribution in [2.45, 2.75) is 44.2 Å². The smallest absolute Gasteiger partial charge is 0.264 e. The Balaban J connectivity index is 1.84. The third kappa shape index (κ3) is 8.81. The lowest BCUT2D eigenvalue weighted by Crippen LogP contribution is -2.53. The largest absolute Gasteiger partial charge is 0.495 e. The topological polar surface area (TPSA) is 96.0 Å². The zero-order valence-corrected chi connectivity index (χ0v) is 28.3. The van der Waals surface area contributed by atoms with Crippen molar-refractivity contribution in [1.82, 2.24) is 10.2 Å². The number of ether oxygens (including phenoxy) is 1. The predicted octanol–water partition coefficient (Wildman–Crippen LogP) is 6.67. The molecule has 46 heavy (non-hydrogen) atoms. The Hall–Kier alpha value is -4.05. The predicted molar refractivity (Wildman–Crippen MR) is 183 cm³/mol. The van der Waals surface area contributed by atoms with Gasteiger partial charge in [0.25, 0.3) is 10.0 Å². The zero-order valence-electron chi connectivity index (χ0n) is 26.0. The van der Waals surface area contributed by atoms with Crippen LogP contribution in [-0.2, 0) is 32.6 Å². The molecule has 2 amide bonds. The summed E-state index contributed by atoms with van der Waals surface area (Å²) in [7, 11) is -2.91. The summed E-state index contributed by atoms with van der Waals surface area (Å²) >= 11 is 12.5.